The average Bonchev–Trinajstić information content (AvgIpc) is 2.25. The molecule has 0 aliphatic heterocycles. The minimum atomic E-state index is -0.780. The summed E-state index contributed by atoms with van der Waals surface area (Å²) in [6.45, 7) is 8.19. The van der Waals surface area contributed by atoms with E-state index >= 15 is 0 Å². The second-order valence-electron chi connectivity index (χ2n) is 5.75. The third kappa shape index (κ3) is 7.27. The predicted molar refractivity (Wildman–Crippen MR) is 71.1 cm³/mol. The van der Waals surface area contributed by atoms with Crippen LogP contribution in [0.15, 0.2) is 0 Å². The van der Waals surface area contributed by atoms with Crippen LogP contribution in [0.2, 0.25) is 0 Å². The van der Waals surface area contributed by atoms with E-state index in [0.717, 1.165) is 6.42 Å². The van der Waals surface area contributed by atoms with Crippen LogP contribution in [0.5, 0.6) is 0 Å². The lowest BCUT2D eigenvalue weighted by molar-refractivity contribution is -0.137. The molecule has 0 saturated heterocycles. The van der Waals surface area contributed by atoms with Crippen molar-refractivity contribution in [3.63, 3.8) is 0 Å². The Morgan fingerprint density at radius 2 is 1.83 bits per heavy atom. The summed E-state index contributed by atoms with van der Waals surface area (Å²) in [7, 11) is 0. The minimum Gasteiger partial charge on any atom is -0.481 e. The van der Waals surface area contributed by atoms with Gasteiger partial charge in [-0.3, -0.25) is 9.59 Å². The fourth-order valence-electron chi connectivity index (χ4n) is 1.49. The molecule has 1 amide bonds. The molecule has 0 fully saturated rings. The number of aliphatic carboxylic acids is 1. The van der Waals surface area contributed by atoms with E-state index in [4.69, 9.17) is 10.8 Å². The molecule has 2 unspecified atom stereocenters. The van der Waals surface area contributed by atoms with E-state index in [0.29, 0.717) is 13.0 Å². The van der Waals surface area contributed by atoms with Gasteiger partial charge in [0.1, 0.15) is 0 Å². The maximum absolute atomic E-state index is 11.7. The van der Waals surface area contributed by atoms with Crippen LogP contribution in [0.4, 0.5) is 0 Å². The number of carbonyl (C=O) groups is 2. The van der Waals surface area contributed by atoms with Crippen LogP contribution >= 0.6 is 0 Å². The van der Waals surface area contributed by atoms with E-state index in [1.54, 1.807) is 13.8 Å². The number of rotatable bonds is 8. The molecule has 0 aromatic rings. The van der Waals surface area contributed by atoms with Crippen LogP contribution in [0.1, 0.15) is 47.0 Å². The van der Waals surface area contributed by atoms with Crippen molar-refractivity contribution >= 4 is 11.9 Å². The molecule has 5 nitrogen and oxygen atoms in total. The van der Waals surface area contributed by atoms with Gasteiger partial charge in [0.2, 0.25) is 5.91 Å². The van der Waals surface area contributed by atoms with Gasteiger partial charge in [0.15, 0.2) is 0 Å². The highest BCUT2D eigenvalue weighted by atomic mass is 16.4. The first kappa shape index (κ1) is 16.9. The molecule has 0 saturated carbocycles. The minimum absolute atomic E-state index is 0.0426. The largest absolute Gasteiger partial charge is 0.481 e. The Hall–Kier alpha value is -1.10. The SMILES string of the molecule is CC(N)C(C)C(=O)NCCC(C)(C)CCC(=O)O. The first-order valence-corrected chi connectivity index (χ1v) is 6.41. The van der Waals surface area contributed by atoms with E-state index in [1.165, 1.54) is 0 Å². The van der Waals surface area contributed by atoms with Gasteiger partial charge in [0.25, 0.3) is 0 Å². The van der Waals surface area contributed by atoms with E-state index in [1.807, 2.05) is 13.8 Å². The Kier molecular flexibility index (Phi) is 6.91. The van der Waals surface area contributed by atoms with E-state index in [9.17, 15) is 9.59 Å². The van der Waals surface area contributed by atoms with E-state index in [2.05, 4.69) is 5.32 Å². The molecule has 106 valence electrons. The number of carbonyl (C=O) groups excluding carboxylic acids is 1. The molecule has 18 heavy (non-hydrogen) atoms. The number of amides is 1. The summed E-state index contributed by atoms with van der Waals surface area (Å²) in [4.78, 5) is 22.2. The van der Waals surface area contributed by atoms with Crippen LogP contribution in [0.25, 0.3) is 0 Å². The summed E-state index contributed by atoms with van der Waals surface area (Å²) < 4.78 is 0. The van der Waals surface area contributed by atoms with Crippen molar-refractivity contribution in [3.8, 4) is 0 Å². The quantitative estimate of drug-likeness (QED) is 0.613. The second-order valence-corrected chi connectivity index (χ2v) is 5.75. The van der Waals surface area contributed by atoms with E-state index in [-0.39, 0.29) is 29.7 Å². The number of carboxylic acid groups (broad SMARTS) is 1. The Bertz CT molecular complexity index is 288. The highest BCUT2D eigenvalue weighted by Gasteiger charge is 2.21. The third-order valence-electron chi connectivity index (χ3n) is 3.32. The van der Waals surface area contributed by atoms with Gasteiger partial charge in [0.05, 0.1) is 0 Å². The fourth-order valence-corrected chi connectivity index (χ4v) is 1.49. The average molecular weight is 258 g/mol. The van der Waals surface area contributed by atoms with Crippen LogP contribution in [0, 0.1) is 11.3 Å². The van der Waals surface area contributed by atoms with E-state index < -0.39 is 5.97 Å². The molecule has 0 heterocycles. The standard InChI is InChI=1S/C13H26N2O3/c1-9(10(2)14)12(18)15-8-7-13(3,4)6-5-11(16)17/h9-10H,5-8,14H2,1-4H3,(H,15,18)(H,16,17). The molecule has 5 heteroatoms. The monoisotopic (exact) mass is 258 g/mol. The number of nitrogens with one attached hydrogen (secondary N) is 1. The lowest BCUT2D eigenvalue weighted by atomic mass is 9.84. The van der Waals surface area contributed by atoms with Crippen molar-refractivity contribution in [1.29, 1.82) is 0 Å². The van der Waals surface area contributed by atoms with Crippen molar-refractivity contribution in [1.82, 2.24) is 5.32 Å². The molecule has 0 radical (unpaired) electrons. The highest BCUT2D eigenvalue weighted by Crippen LogP contribution is 2.26. The molecule has 0 bridgehead atoms. The maximum atomic E-state index is 11.7. The molecule has 0 spiro atoms. The fraction of sp³-hybridized carbons (Fsp3) is 0.846. The molecule has 0 rings (SSSR count). The van der Waals surface area contributed by atoms with Gasteiger partial charge >= 0.3 is 5.97 Å². The van der Waals surface area contributed by atoms with Crippen molar-refractivity contribution in [3.05, 3.63) is 0 Å². The summed E-state index contributed by atoms with van der Waals surface area (Å²) in [5.74, 6) is -1.02. The zero-order valence-electron chi connectivity index (χ0n) is 11.8. The number of hydrogen-bond acceptors (Lipinski definition) is 3. The Morgan fingerprint density at radius 3 is 2.28 bits per heavy atom. The van der Waals surface area contributed by atoms with Gasteiger partial charge in [0, 0.05) is 24.9 Å². The predicted octanol–water partition coefficient (Wildman–Crippen LogP) is 1.37. The first-order chi connectivity index (χ1) is 8.15. The van der Waals surface area contributed by atoms with Crippen molar-refractivity contribution in [2.45, 2.75) is 53.0 Å². The normalized spacial score (nSPS) is 14.9. The third-order valence-corrected chi connectivity index (χ3v) is 3.32. The van der Waals surface area contributed by atoms with Crippen molar-refractivity contribution in [2.75, 3.05) is 6.54 Å². The maximum Gasteiger partial charge on any atom is 0.303 e. The van der Waals surface area contributed by atoms with Crippen LogP contribution in [0.3, 0.4) is 0 Å². The molecule has 2 atom stereocenters. The van der Waals surface area contributed by atoms with Gasteiger partial charge in [-0.15, -0.1) is 0 Å². The topological polar surface area (TPSA) is 92.4 Å². The van der Waals surface area contributed by atoms with Crippen molar-refractivity contribution < 1.29 is 14.7 Å². The Balaban J connectivity index is 3.95. The molecular weight excluding hydrogens is 232 g/mol. The van der Waals surface area contributed by atoms with Crippen LogP contribution in [-0.2, 0) is 9.59 Å². The van der Waals surface area contributed by atoms with Gasteiger partial charge in [-0.05, 0) is 25.2 Å². The Labute approximate surface area is 109 Å². The lowest BCUT2D eigenvalue weighted by Crippen LogP contribution is -2.39. The molecule has 0 aromatic heterocycles. The molecule has 0 aromatic carbocycles. The van der Waals surface area contributed by atoms with Crippen molar-refractivity contribution in [2.24, 2.45) is 17.1 Å². The van der Waals surface area contributed by atoms with Gasteiger partial charge in [-0.25, -0.2) is 0 Å². The second kappa shape index (κ2) is 7.36. The molecule has 0 aliphatic rings. The van der Waals surface area contributed by atoms with Crippen LogP contribution in [-0.4, -0.2) is 29.6 Å². The summed E-state index contributed by atoms with van der Waals surface area (Å²) in [6, 6.07) is -0.162. The summed E-state index contributed by atoms with van der Waals surface area (Å²) in [5, 5.41) is 11.5. The Morgan fingerprint density at radius 1 is 1.28 bits per heavy atom. The molecular formula is C13H26N2O3. The zero-order chi connectivity index (χ0) is 14.3. The number of hydrogen-bond donors (Lipinski definition) is 3. The zero-order valence-corrected chi connectivity index (χ0v) is 11.8. The summed E-state index contributed by atoms with van der Waals surface area (Å²) in [6.07, 6.45) is 1.54. The van der Waals surface area contributed by atoms with Crippen LogP contribution < -0.4 is 11.1 Å². The van der Waals surface area contributed by atoms with Gasteiger partial charge in [-0.2, -0.15) is 0 Å². The molecule has 0 aliphatic carbocycles. The summed E-state index contributed by atoms with van der Waals surface area (Å²) in [5.41, 5.74) is 5.57. The first-order valence-electron chi connectivity index (χ1n) is 6.41. The number of nitrogens with two attached hydrogens (primary N) is 1. The molecule has 4 N–H and O–H groups in total. The highest BCUT2D eigenvalue weighted by molar-refractivity contribution is 5.78. The van der Waals surface area contributed by atoms with Gasteiger partial charge < -0.3 is 16.2 Å². The smallest absolute Gasteiger partial charge is 0.303 e. The lowest BCUT2D eigenvalue weighted by Gasteiger charge is -2.24. The summed E-state index contributed by atoms with van der Waals surface area (Å²) >= 11 is 0. The number of carboxylic acids is 1. The van der Waals surface area contributed by atoms with Gasteiger partial charge in [-0.1, -0.05) is 20.8 Å².